The molecule has 0 saturated carbocycles. The lowest BCUT2D eigenvalue weighted by atomic mass is 10.2. The van der Waals surface area contributed by atoms with Crippen molar-refractivity contribution in [2.75, 3.05) is 33.4 Å². The third-order valence-corrected chi connectivity index (χ3v) is 3.71. The van der Waals surface area contributed by atoms with Gasteiger partial charge in [0.1, 0.15) is 5.69 Å². The minimum atomic E-state index is -0.271. The summed E-state index contributed by atoms with van der Waals surface area (Å²) >= 11 is 0. The summed E-state index contributed by atoms with van der Waals surface area (Å²) in [6.45, 7) is 2.41. The Morgan fingerprint density at radius 1 is 0.963 bits per heavy atom. The largest absolute Gasteiger partial charge is 0.385 e. The monoisotopic (exact) mass is 371 g/mol. The summed E-state index contributed by atoms with van der Waals surface area (Å²) in [5.41, 5.74) is 1.76. The first kappa shape index (κ1) is 20.5. The number of carbonyl (C=O) groups is 2. The lowest BCUT2D eigenvalue weighted by Gasteiger charge is -2.07. The molecule has 0 saturated heterocycles. The SMILES string of the molecule is COCCCNC(=O)c1ccc(C(=O)NCCOCc2ccccc2)cn1. The van der Waals surface area contributed by atoms with Gasteiger partial charge in [0.15, 0.2) is 0 Å². The van der Waals surface area contributed by atoms with E-state index in [9.17, 15) is 9.59 Å². The molecule has 0 unspecified atom stereocenters. The van der Waals surface area contributed by atoms with E-state index < -0.39 is 0 Å². The molecule has 0 bridgehead atoms. The molecule has 0 aliphatic carbocycles. The molecule has 27 heavy (non-hydrogen) atoms. The maximum absolute atomic E-state index is 12.1. The second-order valence-corrected chi connectivity index (χ2v) is 5.83. The number of nitrogens with zero attached hydrogens (tertiary/aromatic N) is 1. The highest BCUT2D eigenvalue weighted by Crippen LogP contribution is 2.02. The zero-order chi connectivity index (χ0) is 19.3. The molecule has 144 valence electrons. The second-order valence-electron chi connectivity index (χ2n) is 5.83. The van der Waals surface area contributed by atoms with Gasteiger partial charge in [-0.2, -0.15) is 0 Å². The van der Waals surface area contributed by atoms with Gasteiger partial charge in [-0.15, -0.1) is 0 Å². The highest BCUT2D eigenvalue weighted by atomic mass is 16.5. The van der Waals surface area contributed by atoms with Crippen LogP contribution in [0.2, 0.25) is 0 Å². The number of hydrogen-bond donors (Lipinski definition) is 2. The van der Waals surface area contributed by atoms with Crippen LogP contribution in [-0.2, 0) is 16.1 Å². The van der Waals surface area contributed by atoms with Crippen LogP contribution in [0.4, 0.5) is 0 Å². The van der Waals surface area contributed by atoms with Gasteiger partial charge in [0.25, 0.3) is 11.8 Å². The van der Waals surface area contributed by atoms with Crippen molar-refractivity contribution in [3.05, 3.63) is 65.5 Å². The van der Waals surface area contributed by atoms with Crippen LogP contribution in [0.3, 0.4) is 0 Å². The zero-order valence-electron chi connectivity index (χ0n) is 15.4. The Bertz CT molecular complexity index is 705. The van der Waals surface area contributed by atoms with Crippen LogP contribution in [0.5, 0.6) is 0 Å². The lowest BCUT2D eigenvalue weighted by Crippen LogP contribution is -2.28. The molecule has 0 aliphatic heterocycles. The van der Waals surface area contributed by atoms with Crippen LogP contribution in [0, 0.1) is 0 Å². The van der Waals surface area contributed by atoms with Crippen LogP contribution in [-0.4, -0.2) is 50.2 Å². The molecule has 7 heteroatoms. The zero-order valence-corrected chi connectivity index (χ0v) is 15.4. The number of amides is 2. The third kappa shape index (κ3) is 7.55. The van der Waals surface area contributed by atoms with Gasteiger partial charge in [-0.1, -0.05) is 30.3 Å². The normalized spacial score (nSPS) is 10.4. The highest BCUT2D eigenvalue weighted by Gasteiger charge is 2.09. The van der Waals surface area contributed by atoms with E-state index >= 15 is 0 Å². The second kappa shape index (κ2) is 11.8. The van der Waals surface area contributed by atoms with Crippen LogP contribution < -0.4 is 10.6 Å². The van der Waals surface area contributed by atoms with Crippen molar-refractivity contribution in [1.29, 1.82) is 0 Å². The number of rotatable bonds is 11. The molecule has 2 N–H and O–H groups in total. The number of nitrogens with one attached hydrogen (secondary N) is 2. The van der Waals surface area contributed by atoms with E-state index in [1.165, 1.54) is 12.3 Å². The van der Waals surface area contributed by atoms with Crippen LogP contribution in [0.15, 0.2) is 48.7 Å². The first-order chi connectivity index (χ1) is 13.2. The average Bonchev–Trinajstić information content (AvgIpc) is 2.71. The fourth-order valence-electron chi connectivity index (χ4n) is 2.27. The summed E-state index contributed by atoms with van der Waals surface area (Å²) in [5, 5.41) is 5.51. The molecule has 2 rings (SSSR count). The first-order valence-corrected chi connectivity index (χ1v) is 8.84. The summed E-state index contributed by atoms with van der Waals surface area (Å²) in [7, 11) is 1.61. The van der Waals surface area contributed by atoms with Gasteiger partial charge in [-0.25, -0.2) is 0 Å². The molecule has 0 radical (unpaired) electrons. The van der Waals surface area contributed by atoms with E-state index in [4.69, 9.17) is 9.47 Å². The Labute approximate surface area is 159 Å². The van der Waals surface area contributed by atoms with Crippen molar-refractivity contribution < 1.29 is 19.1 Å². The van der Waals surface area contributed by atoms with Gasteiger partial charge in [-0.05, 0) is 24.1 Å². The molecule has 2 aromatic rings. The van der Waals surface area contributed by atoms with E-state index in [1.807, 2.05) is 30.3 Å². The number of ether oxygens (including phenoxy) is 2. The minimum absolute atomic E-state index is 0.252. The highest BCUT2D eigenvalue weighted by molar-refractivity contribution is 5.96. The van der Waals surface area contributed by atoms with Crippen molar-refractivity contribution in [2.45, 2.75) is 13.0 Å². The van der Waals surface area contributed by atoms with Crippen LogP contribution in [0.1, 0.15) is 32.8 Å². The summed E-state index contributed by atoms with van der Waals surface area (Å²) in [5.74, 6) is -0.523. The Morgan fingerprint density at radius 2 is 1.74 bits per heavy atom. The van der Waals surface area contributed by atoms with Gasteiger partial charge in [0.05, 0.1) is 18.8 Å². The number of aromatic nitrogens is 1. The van der Waals surface area contributed by atoms with Gasteiger partial charge in [-0.3, -0.25) is 14.6 Å². The molecule has 2 amide bonds. The van der Waals surface area contributed by atoms with Crippen LogP contribution >= 0.6 is 0 Å². The molecule has 0 fully saturated rings. The molecule has 1 heterocycles. The van der Waals surface area contributed by atoms with Crippen molar-refractivity contribution in [3.63, 3.8) is 0 Å². The summed E-state index contributed by atoms with van der Waals surface area (Å²) in [6.07, 6.45) is 2.12. The third-order valence-electron chi connectivity index (χ3n) is 3.71. The molecule has 7 nitrogen and oxygen atoms in total. The Hall–Kier alpha value is -2.77. The van der Waals surface area contributed by atoms with Crippen molar-refractivity contribution in [2.24, 2.45) is 0 Å². The van der Waals surface area contributed by atoms with Gasteiger partial charge in [0.2, 0.25) is 0 Å². The number of pyridine rings is 1. The number of hydrogen-bond acceptors (Lipinski definition) is 5. The van der Waals surface area contributed by atoms with E-state index in [-0.39, 0.29) is 17.5 Å². The fourth-order valence-corrected chi connectivity index (χ4v) is 2.27. The molecular formula is C20H25N3O4. The maximum atomic E-state index is 12.1. The minimum Gasteiger partial charge on any atom is -0.385 e. The standard InChI is InChI=1S/C20H25N3O4/c1-26-12-5-10-21-20(25)18-9-8-17(14-23-18)19(24)22-11-13-27-15-16-6-3-2-4-7-16/h2-4,6-9,14H,5,10-13,15H2,1H3,(H,21,25)(H,22,24). The topological polar surface area (TPSA) is 89.5 Å². The smallest absolute Gasteiger partial charge is 0.269 e. The molecule has 1 aromatic heterocycles. The van der Waals surface area contributed by atoms with E-state index in [0.717, 1.165) is 12.0 Å². The summed E-state index contributed by atoms with van der Waals surface area (Å²) < 4.78 is 10.4. The number of methoxy groups -OCH3 is 1. The Morgan fingerprint density at radius 3 is 2.44 bits per heavy atom. The molecular weight excluding hydrogens is 346 g/mol. The molecule has 1 aromatic carbocycles. The van der Waals surface area contributed by atoms with Crippen molar-refractivity contribution in [1.82, 2.24) is 15.6 Å². The van der Waals surface area contributed by atoms with Gasteiger partial charge in [0, 0.05) is 33.0 Å². The lowest BCUT2D eigenvalue weighted by molar-refractivity contribution is 0.0897. The molecule has 0 aliphatic rings. The Kier molecular flexibility index (Phi) is 8.95. The fraction of sp³-hybridized carbons (Fsp3) is 0.350. The number of carbonyl (C=O) groups excluding carboxylic acids is 2. The maximum Gasteiger partial charge on any atom is 0.269 e. The van der Waals surface area contributed by atoms with Gasteiger partial charge >= 0.3 is 0 Å². The van der Waals surface area contributed by atoms with Gasteiger partial charge < -0.3 is 20.1 Å². The van der Waals surface area contributed by atoms with Crippen molar-refractivity contribution >= 4 is 11.8 Å². The predicted molar refractivity (Wildman–Crippen MR) is 101 cm³/mol. The Balaban J connectivity index is 1.67. The van der Waals surface area contributed by atoms with Crippen molar-refractivity contribution in [3.8, 4) is 0 Å². The predicted octanol–water partition coefficient (Wildman–Crippen LogP) is 1.79. The molecule has 0 spiro atoms. The molecule has 0 atom stereocenters. The first-order valence-electron chi connectivity index (χ1n) is 8.84. The quantitative estimate of drug-likeness (QED) is 0.588. The van der Waals surface area contributed by atoms with Crippen LogP contribution in [0.25, 0.3) is 0 Å². The summed E-state index contributed by atoms with van der Waals surface area (Å²) in [6, 6.07) is 12.9. The summed E-state index contributed by atoms with van der Waals surface area (Å²) in [4.78, 5) is 28.0. The average molecular weight is 371 g/mol. The van der Waals surface area contributed by atoms with E-state index in [0.29, 0.717) is 38.5 Å². The van der Waals surface area contributed by atoms with E-state index in [1.54, 1.807) is 13.2 Å². The van der Waals surface area contributed by atoms with E-state index in [2.05, 4.69) is 15.6 Å². The number of benzene rings is 1.